The van der Waals surface area contributed by atoms with Gasteiger partial charge in [-0.25, -0.2) is 14.4 Å². The second-order valence-corrected chi connectivity index (χ2v) is 10.8. The minimum atomic E-state index is -0.474. The molecule has 1 aliphatic heterocycles. The van der Waals surface area contributed by atoms with Crippen LogP contribution < -0.4 is 4.74 Å². The summed E-state index contributed by atoms with van der Waals surface area (Å²) in [6.07, 6.45) is 0. The molecule has 0 saturated carbocycles. The molecule has 5 aromatic carbocycles. The van der Waals surface area contributed by atoms with Crippen molar-refractivity contribution in [2.45, 2.75) is 19.4 Å². The fourth-order valence-corrected chi connectivity index (χ4v) is 5.55. The number of hydrogen-bond donors (Lipinski definition) is 0. The number of halogens is 1. The van der Waals surface area contributed by atoms with Gasteiger partial charge in [0.1, 0.15) is 17.2 Å². The maximum atomic E-state index is 15.2. The van der Waals surface area contributed by atoms with E-state index in [9.17, 15) is 0 Å². The number of benzene rings is 5. The number of rotatable bonds is 4. The number of hydrogen-bond acceptors (Lipinski definition) is 3. The molecule has 0 spiro atoms. The largest absolute Gasteiger partial charge is 0.482 e. The van der Waals surface area contributed by atoms with Crippen molar-refractivity contribution in [1.29, 1.82) is 0 Å². The molecule has 1 aliphatic rings. The van der Waals surface area contributed by atoms with Gasteiger partial charge in [-0.1, -0.05) is 97.1 Å². The fourth-order valence-electron chi connectivity index (χ4n) is 5.55. The Balaban J connectivity index is 1.35. The minimum Gasteiger partial charge on any atom is -0.482 e. The van der Waals surface area contributed by atoms with Gasteiger partial charge in [0.2, 0.25) is 0 Å². The number of nitrogens with zero attached hydrogens (tertiary/aromatic N) is 2. The topological polar surface area (TPSA) is 35.0 Å². The predicted octanol–water partition coefficient (Wildman–Crippen LogP) is 9.58. The lowest BCUT2D eigenvalue weighted by Crippen LogP contribution is -2.29. The first-order valence-corrected chi connectivity index (χ1v) is 13.7. The Labute approximate surface area is 239 Å². The van der Waals surface area contributed by atoms with E-state index in [1.807, 2.05) is 97.1 Å². The molecule has 4 heteroatoms. The summed E-state index contributed by atoms with van der Waals surface area (Å²) in [5, 5.41) is 0. The zero-order valence-corrected chi connectivity index (χ0v) is 22.8. The van der Waals surface area contributed by atoms with E-state index < -0.39 is 5.60 Å². The standard InChI is InChI=1S/C37H27FN2O/c1-37(2)32-16-10-9-15-30(32)31-18-17-26(22-35(31)41-37)27-19-28(21-29(38)20-27)34-23-33(24-11-5-3-6-12-24)39-36(40-34)25-13-7-4-8-14-25/h3-23H,1-2H3. The molecule has 0 atom stereocenters. The van der Waals surface area contributed by atoms with Crippen LogP contribution >= 0.6 is 0 Å². The molecule has 0 N–H and O–H groups in total. The molecular formula is C37H27FN2O. The highest BCUT2D eigenvalue weighted by Gasteiger charge is 2.32. The van der Waals surface area contributed by atoms with Crippen molar-refractivity contribution in [3.05, 3.63) is 139 Å². The van der Waals surface area contributed by atoms with Crippen molar-refractivity contribution in [3.8, 4) is 61.9 Å². The Morgan fingerprint density at radius 2 is 1.17 bits per heavy atom. The van der Waals surface area contributed by atoms with E-state index in [-0.39, 0.29) is 5.82 Å². The van der Waals surface area contributed by atoms with Gasteiger partial charge in [0.15, 0.2) is 5.82 Å². The maximum Gasteiger partial charge on any atom is 0.160 e. The van der Waals surface area contributed by atoms with E-state index in [1.165, 1.54) is 6.07 Å². The van der Waals surface area contributed by atoms with Gasteiger partial charge in [0.05, 0.1) is 11.4 Å². The lowest BCUT2D eigenvalue weighted by molar-refractivity contribution is 0.106. The van der Waals surface area contributed by atoms with Gasteiger partial charge < -0.3 is 4.74 Å². The summed E-state index contributed by atoms with van der Waals surface area (Å²) < 4.78 is 21.7. The lowest BCUT2D eigenvalue weighted by Gasteiger charge is -2.35. The molecule has 7 rings (SSSR count). The minimum absolute atomic E-state index is 0.331. The van der Waals surface area contributed by atoms with Gasteiger partial charge in [-0.2, -0.15) is 0 Å². The van der Waals surface area contributed by atoms with Crippen LogP contribution in [0, 0.1) is 5.82 Å². The first kappa shape index (κ1) is 24.9. The smallest absolute Gasteiger partial charge is 0.160 e. The lowest BCUT2D eigenvalue weighted by atomic mass is 9.85. The summed E-state index contributed by atoms with van der Waals surface area (Å²) in [5.74, 6) is 1.05. The second-order valence-electron chi connectivity index (χ2n) is 10.8. The molecule has 6 aromatic rings. The zero-order valence-electron chi connectivity index (χ0n) is 22.8. The molecule has 0 bridgehead atoms. The molecule has 0 radical (unpaired) electrons. The van der Waals surface area contributed by atoms with Crippen LogP contribution in [0.4, 0.5) is 4.39 Å². The third-order valence-corrected chi connectivity index (χ3v) is 7.57. The Morgan fingerprint density at radius 1 is 0.537 bits per heavy atom. The number of aromatic nitrogens is 2. The van der Waals surface area contributed by atoms with Crippen molar-refractivity contribution >= 4 is 0 Å². The van der Waals surface area contributed by atoms with Gasteiger partial charge >= 0.3 is 0 Å². The second kappa shape index (κ2) is 9.83. The summed E-state index contributed by atoms with van der Waals surface area (Å²) in [6, 6.07) is 41.3. The van der Waals surface area contributed by atoms with Gasteiger partial charge in [-0.3, -0.25) is 0 Å². The average Bonchev–Trinajstić information content (AvgIpc) is 3.01. The highest BCUT2D eigenvalue weighted by atomic mass is 19.1. The van der Waals surface area contributed by atoms with Crippen LogP contribution in [0.5, 0.6) is 5.75 Å². The van der Waals surface area contributed by atoms with Crippen LogP contribution in [-0.2, 0) is 5.60 Å². The van der Waals surface area contributed by atoms with Gasteiger partial charge in [0, 0.05) is 27.8 Å². The molecular weight excluding hydrogens is 507 g/mol. The zero-order chi connectivity index (χ0) is 28.0. The Morgan fingerprint density at radius 3 is 1.93 bits per heavy atom. The van der Waals surface area contributed by atoms with Crippen molar-refractivity contribution in [1.82, 2.24) is 9.97 Å². The maximum absolute atomic E-state index is 15.2. The average molecular weight is 535 g/mol. The summed E-state index contributed by atoms with van der Waals surface area (Å²) in [5.41, 5.74) is 8.50. The summed E-state index contributed by atoms with van der Waals surface area (Å²) in [4.78, 5) is 9.75. The van der Waals surface area contributed by atoms with Crippen LogP contribution in [-0.4, -0.2) is 9.97 Å². The number of ether oxygens (including phenoxy) is 1. The van der Waals surface area contributed by atoms with Crippen molar-refractivity contribution in [2.24, 2.45) is 0 Å². The van der Waals surface area contributed by atoms with Crippen molar-refractivity contribution in [3.63, 3.8) is 0 Å². The molecule has 198 valence electrons. The highest BCUT2D eigenvalue weighted by Crippen LogP contribution is 2.46. The summed E-state index contributed by atoms with van der Waals surface area (Å²) in [6.45, 7) is 4.15. The van der Waals surface area contributed by atoms with Crippen LogP contribution in [0.25, 0.3) is 56.2 Å². The molecule has 0 unspecified atom stereocenters. The molecule has 0 fully saturated rings. The van der Waals surface area contributed by atoms with Crippen LogP contribution in [0.2, 0.25) is 0 Å². The molecule has 41 heavy (non-hydrogen) atoms. The number of fused-ring (bicyclic) bond motifs is 3. The fraction of sp³-hybridized carbons (Fsp3) is 0.0811. The summed E-state index contributed by atoms with van der Waals surface area (Å²) in [7, 11) is 0. The third-order valence-electron chi connectivity index (χ3n) is 7.57. The third kappa shape index (κ3) is 4.68. The van der Waals surface area contributed by atoms with E-state index in [4.69, 9.17) is 14.7 Å². The highest BCUT2D eigenvalue weighted by molar-refractivity contribution is 5.82. The first-order valence-electron chi connectivity index (χ1n) is 13.7. The Kier molecular flexibility index (Phi) is 5.97. The van der Waals surface area contributed by atoms with Crippen molar-refractivity contribution < 1.29 is 9.13 Å². The van der Waals surface area contributed by atoms with Crippen LogP contribution in [0.1, 0.15) is 19.4 Å². The van der Waals surface area contributed by atoms with Crippen molar-refractivity contribution in [2.75, 3.05) is 0 Å². The van der Waals surface area contributed by atoms with E-state index in [2.05, 4.69) is 32.0 Å². The first-order chi connectivity index (χ1) is 19.9. The van der Waals surface area contributed by atoms with E-state index in [1.54, 1.807) is 6.07 Å². The molecule has 0 aliphatic carbocycles. The van der Waals surface area contributed by atoms with Crippen LogP contribution in [0.15, 0.2) is 127 Å². The van der Waals surface area contributed by atoms with Gasteiger partial charge in [0.25, 0.3) is 0 Å². The molecule has 3 nitrogen and oxygen atoms in total. The Bertz CT molecular complexity index is 1840. The van der Waals surface area contributed by atoms with Gasteiger partial charge in [-0.05, 0) is 60.9 Å². The quantitative estimate of drug-likeness (QED) is 0.226. The van der Waals surface area contributed by atoms with E-state index in [0.29, 0.717) is 17.1 Å². The summed E-state index contributed by atoms with van der Waals surface area (Å²) >= 11 is 0. The van der Waals surface area contributed by atoms with E-state index in [0.717, 1.165) is 50.4 Å². The van der Waals surface area contributed by atoms with Gasteiger partial charge in [-0.15, -0.1) is 0 Å². The molecule has 1 aromatic heterocycles. The predicted molar refractivity (Wildman–Crippen MR) is 163 cm³/mol. The molecule has 0 amide bonds. The Hall–Kier alpha value is -5.09. The molecule has 0 saturated heterocycles. The van der Waals surface area contributed by atoms with E-state index >= 15 is 4.39 Å². The monoisotopic (exact) mass is 534 g/mol. The van der Waals surface area contributed by atoms with Crippen LogP contribution in [0.3, 0.4) is 0 Å². The SMILES string of the molecule is CC1(C)Oc2cc(-c3cc(F)cc(-c4cc(-c5ccccc5)nc(-c5ccccc5)n4)c3)ccc2-c2ccccc21. The molecule has 2 heterocycles. The normalized spacial score (nSPS) is 13.1.